The second kappa shape index (κ2) is 7.45. The van der Waals surface area contributed by atoms with Crippen LogP contribution in [0.3, 0.4) is 0 Å². The van der Waals surface area contributed by atoms with Crippen LogP contribution in [0.15, 0.2) is 18.2 Å². The van der Waals surface area contributed by atoms with Gasteiger partial charge in [-0.2, -0.15) is 26.3 Å². The minimum absolute atomic E-state index is 0.172. The molecular formula is C15H16F8N2. The molecule has 1 aromatic carbocycles. The summed E-state index contributed by atoms with van der Waals surface area (Å²) in [7, 11) is 0. The van der Waals surface area contributed by atoms with E-state index in [1.54, 1.807) is 0 Å². The van der Waals surface area contributed by atoms with Crippen molar-refractivity contribution in [3.8, 4) is 0 Å². The maximum absolute atomic E-state index is 13.2. The van der Waals surface area contributed by atoms with Crippen molar-refractivity contribution in [1.29, 1.82) is 0 Å². The number of nitrogens with zero attached hydrogens (tertiary/aromatic N) is 1. The van der Waals surface area contributed by atoms with E-state index in [0.717, 1.165) is 0 Å². The molecule has 1 heterocycles. The first kappa shape index (κ1) is 19.9. The van der Waals surface area contributed by atoms with Gasteiger partial charge < -0.3 is 5.32 Å². The molecule has 1 aromatic rings. The standard InChI is InChI=1S/C15H16F8N2/c16-13(17)8-12(25-5-3-24-4-6-25)10-7-9(14(18,19)20)1-2-11(10)15(21,22)23/h1-2,7,12-13,24H,3-6,8H2/t12-/m1/s1. The molecule has 0 bridgehead atoms. The molecule has 0 radical (unpaired) electrons. The molecule has 0 amide bonds. The predicted octanol–water partition coefficient (Wildman–Crippen LogP) is 4.33. The van der Waals surface area contributed by atoms with Crippen LogP contribution in [0.4, 0.5) is 35.1 Å². The van der Waals surface area contributed by atoms with Gasteiger partial charge in [0.1, 0.15) is 0 Å². The van der Waals surface area contributed by atoms with Gasteiger partial charge >= 0.3 is 12.4 Å². The van der Waals surface area contributed by atoms with Crippen molar-refractivity contribution in [2.75, 3.05) is 26.2 Å². The lowest BCUT2D eigenvalue weighted by Gasteiger charge is -2.36. The lowest BCUT2D eigenvalue weighted by Crippen LogP contribution is -2.46. The van der Waals surface area contributed by atoms with Crippen LogP contribution in [0, 0.1) is 0 Å². The van der Waals surface area contributed by atoms with Crippen molar-refractivity contribution < 1.29 is 35.1 Å². The number of rotatable bonds is 4. The number of piperazine rings is 1. The highest BCUT2D eigenvalue weighted by atomic mass is 19.4. The lowest BCUT2D eigenvalue weighted by molar-refractivity contribution is -0.142. The third-order valence-corrected chi connectivity index (χ3v) is 4.04. The lowest BCUT2D eigenvalue weighted by atomic mass is 9.93. The highest BCUT2D eigenvalue weighted by molar-refractivity contribution is 5.38. The van der Waals surface area contributed by atoms with E-state index in [9.17, 15) is 35.1 Å². The molecule has 0 aliphatic carbocycles. The molecule has 1 saturated heterocycles. The van der Waals surface area contributed by atoms with Crippen molar-refractivity contribution in [2.45, 2.75) is 31.2 Å². The van der Waals surface area contributed by atoms with Crippen LogP contribution < -0.4 is 5.32 Å². The van der Waals surface area contributed by atoms with Crippen LogP contribution >= 0.6 is 0 Å². The number of hydrogen-bond acceptors (Lipinski definition) is 2. The van der Waals surface area contributed by atoms with Crippen LogP contribution in [0.2, 0.25) is 0 Å². The monoisotopic (exact) mass is 376 g/mol. The molecule has 1 N–H and O–H groups in total. The van der Waals surface area contributed by atoms with E-state index in [1.165, 1.54) is 4.90 Å². The summed E-state index contributed by atoms with van der Waals surface area (Å²) in [6.45, 7) is 1.07. The van der Waals surface area contributed by atoms with Gasteiger partial charge in [0, 0.05) is 38.6 Å². The number of halogens is 8. The Bertz CT molecular complexity index is 576. The zero-order chi connectivity index (χ0) is 18.8. The molecule has 1 aliphatic rings. The van der Waals surface area contributed by atoms with E-state index >= 15 is 0 Å². The molecule has 1 aliphatic heterocycles. The zero-order valence-electron chi connectivity index (χ0n) is 12.9. The molecule has 0 saturated carbocycles. The second-order valence-electron chi connectivity index (χ2n) is 5.73. The predicted molar refractivity (Wildman–Crippen MR) is 74.3 cm³/mol. The fourth-order valence-electron chi connectivity index (χ4n) is 2.91. The van der Waals surface area contributed by atoms with Gasteiger partial charge in [-0.1, -0.05) is 0 Å². The molecule has 142 valence electrons. The molecule has 1 atom stereocenters. The Labute approximate surface area is 138 Å². The first-order chi connectivity index (χ1) is 11.5. The Morgan fingerprint density at radius 2 is 1.56 bits per heavy atom. The number of benzene rings is 1. The fraction of sp³-hybridized carbons (Fsp3) is 0.600. The van der Waals surface area contributed by atoms with E-state index in [1.807, 2.05) is 0 Å². The summed E-state index contributed by atoms with van der Waals surface area (Å²) in [6, 6.07) is -0.457. The van der Waals surface area contributed by atoms with Gasteiger partial charge in [-0.25, -0.2) is 8.78 Å². The van der Waals surface area contributed by atoms with Gasteiger partial charge in [0.25, 0.3) is 0 Å². The number of alkyl halides is 8. The first-order valence-corrected chi connectivity index (χ1v) is 7.51. The summed E-state index contributed by atoms with van der Waals surface area (Å²) in [4.78, 5) is 1.37. The number of nitrogens with one attached hydrogen (secondary N) is 1. The van der Waals surface area contributed by atoms with Crippen LogP contribution in [0.25, 0.3) is 0 Å². The summed E-state index contributed by atoms with van der Waals surface area (Å²) in [6.07, 6.45) is -13.7. The summed E-state index contributed by atoms with van der Waals surface area (Å²) < 4.78 is 104. The van der Waals surface area contributed by atoms with E-state index in [0.29, 0.717) is 31.3 Å². The van der Waals surface area contributed by atoms with Gasteiger partial charge in [-0.05, 0) is 23.8 Å². The molecular weight excluding hydrogens is 360 g/mol. The summed E-state index contributed by atoms with van der Waals surface area (Å²) in [5, 5.41) is 2.92. The summed E-state index contributed by atoms with van der Waals surface area (Å²) >= 11 is 0. The maximum Gasteiger partial charge on any atom is 0.416 e. The normalized spacial score (nSPS) is 18.6. The summed E-state index contributed by atoms with van der Waals surface area (Å²) in [5.41, 5.74) is -3.36. The quantitative estimate of drug-likeness (QED) is 0.788. The average Bonchev–Trinajstić information content (AvgIpc) is 2.51. The topological polar surface area (TPSA) is 15.3 Å². The molecule has 2 nitrogen and oxygen atoms in total. The molecule has 0 aromatic heterocycles. The van der Waals surface area contributed by atoms with Crippen molar-refractivity contribution in [2.24, 2.45) is 0 Å². The van der Waals surface area contributed by atoms with Gasteiger partial charge in [0.2, 0.25) is 6.43 Å². The third-order valence-electron chi connectivity index (χ3n) is 4.04. The van der Waals surface area contributed by atoms with Crippen molar-refractivity contribution in [1.82, 2.24) is 10.2 Å². The van der Waals surface area contributed by atoms with E-state index < -0.39 is 47.9 Å². The zero-order valence-corrected chi connectivity index (χ0v) is 12.9. The first-order valence-electron chi connectivity index (χ1n) is 7.51. The Balaban J connectivity index is 2.55. The fourth-order valence-corrected chi connectivity index (χ4v) is 2.91. The van der Waals surface area contributed by atoms with Crippen molar-refractivity contribution >= 4 is 0 Å². The van der Waals surface area contributed by atoms with Crippen LogP contribution in [-0.4, -0.2) is 37.5 Å². The van der Waals surface area contributed by atoms with Gasteiger partial charge in [0.05, 0.1) is 11.1 Å². The van der Waals surface area contributed by atoms with Crippen LogP contribution in [-0.2, 0) is 12.4 Å². The molecule has 0 unspecified atom stereocenters. The van der Waals surface area contributed by atoms with Gasteiger partial charge in [-0.3, -0.25) is 4.90 Å². The second-order valence-corrected chi connectivity index (χ2v) is 5.73. The molecule has 2 rings (SSSR count). The van der Waals surface area contributed by atoms with Gasteiger partial charge in [-0.15, -0.1) is 0 Å². The Morgan fingerprint density at radius 3 is 2.04 bits per heavy atom. The largest absolute Gasteiger partial charge is 0.416 e. The van der Waals surface area contributed by atoms with Crippen LogP contribution in [0.5, 0.6) is 0 Å². The van der Waals surface area contributed by atoms with E-state index in [2.05, 4.69) is 5.32 Å². The Kier molecular flexibility index (Phi) is 5.93. The highest BCUT2D eigenvalue weighted by Crippen LogP contribution is 2.41. The van der Waals surface area contributed by atoms with Crippen molar-refractivity contribution in [3.05, 3.63) is 34.9 Å². The average molecular weight is 376 g/mol. The smallest absolute Gasteiger partial charge is 0.314 e. The minimum atomic E-state index is -4.94. The van der Waals surface area contributed by atoms with Crippen LogP contribution in [0.1, 0.15) is 29.2 Å². The molecule has 1 fully saturated rings. The molecule has 25 heavy (non-hydrogen) atoms. The van der Waals surface area contributed by atoms with E-state index in [-0.39, 0.29) is 13.1 Å². The highest BCUT2D eigenvalue weighted by Gasteiger charge is 2.40. The van der Waals surface area contributed by atoms with E-state index in [4.69, 9.17) is 0 Å². The minimum Gasteiger partial charge on any atom is -0.314 e. The third kappa shape index (κ3) is 5.04. The molecule has 10 heteroatoms. The maximum atomic E-state index is 13.2. The van der Waals surface area contributed by atoms with Crippen molar-refractivity contribution in [3.63, 3.8) is 0 Å². The Hall–Kier alpha value is -1.42. The summed E-state index contributed by atoms with van der Waals surface area (Å²) in [5.74, 6) is 0. The Morgan fingerprint density at radius 1 is 0.960 bits per heavy atom. The molecule has 0 spiro atoms. The number of hydrogen-bond donors (Lipinski definition) is 1. The SMILES string of the molecule is FC(F)C[C@H](c1cc(C(F)(F)F)ccc1C(F)(F)F)N1CCNCC1. The van der Waals surface area contributed by atoms with Gasteiger partial charge in [0.15, 0.2) is 0 Å².